The van der Waals surface area contributed by atoms with Gasteiger partial charge in [0.2, 0.25) is 5.91 Å². The normalized spacial score (nSPS) is 8.29. The van der Waals surface area contributed by atoms with E-state index in [0.29, 0.717) is 5.69 Å². The highest BCUT2D eigenvalue weighted by Crippen LogP contribution is 2.08. The number of anilines is 1. The maximum atomic E-state index is 10.9. The van der Waals surface area contributed by atoms with Crippen LogP contribution >= 0.6 is 12.4 Å². The molecule has 1 rings (SSSR count). The maximum absolute atomic E-state index is 10.9. The molecule has 0 saturated carbocycles. The predicted molar refractivity (Wildman–Crippen MR) is 59.3 cm³/mol. The van der Waals surface area contributed by atoms with Gasteiger partial charge in [0.05, 0.1) is 6.54 Å². The molecule has 0 aliphatic carbocycles. The fourth-order valence-corrected chi connectivity index (χ4v) is 0.899. The van der Waals surface area contributed by atoms with Gasteiger partial charge in [0.25, 0.3) is 0 Å². The van der Waals surface area contributed by atoms with Crippen molar-refractivity contribution in [2.75, 3.05) is 11.9 Å². The minimum atomic E-state index is -0.228. The molecule has 0 unspecified atom stereocenters. The number of rotatable bonds is 2. The lowest BCUT2D eigenvalue weighted by molar-refractivity contribution is -0.114. The van der Waals surface area contributed by atoms with Crippen LogP contribution in [0.25, 0.3) is 0 Å². The molecule has 0 spiro atoms. The van der Waals surface area contributed by atoms with Crippen LogP contribution in [0.15, 0.2) is 24.3 Å². The number of hydrogen-bond donors (Lipinski definition) is 2. The Balaban J connectivity index is 0.00000169. The molecular weight excluding hydrogens is 200 g/mol. The molecule has 0 fully saturated rings. The van der Waals surface area contributed by atoms with Crippen LogP contribution in [-0.2, 0) is 4.79 Å². The maximum Gasteiger partial charge on any atom is 0.238 e. The molecule has 74 valence electrons. The van der Waals surface area contributed by atoms with Crippen molar-refractivity contribution in [1.82, 2.24) is 0 Å². The molecule has 0 aromatic heterocycles. The third-order valence-electron chi connectivity index (χ3n) is 1.50. The van der Waals surface area contributed by atoms with Crippen LogP contribution in [0.2, 0.25) is 0 Å². The first-order valence-corrected chi connectivity index (χ1v) is 3.83. The van der Waals surface area contributed by atoms with Gasteiger partial charge in [-0.15, -0.1) is 18.8 Å². The van der Waals surface area contributed by atoms with E-state index in [1.54, 1.807) is 24.3 Å². The summed E-state index contributed by atoms with van der Waals surface area (Å²) in [5, 5.41) is 2.61. The zero-order chi connectivity index (χ0) is 9.68. The van der Waals surface area contributed by atoms with Gasteiger partial charge in [0.1, 0.15) is 0 Å². The molecule has 4 heteroatoms. The molecule has 0 atom stereocenters. The highest BCUT2D eigenvalue weighted by atomic mass is 35.5. The molecule has 0 aliphatic heterocycles. The van der Waals surface area contributed by atoms with Crippen molar-refractivity contribution in [3.63, 3.8) is 0 Å². The topological polar surface area (TPSA) is 55.1 Å². The molecule has 0 aliphatic rings. The number of nitrogens with two attached hydrogens (primary N) is 1. The van der Waals surface area contributed by atoms with Gasteiger partial charge in [-0.25, -0.2) is 0 Å². The van der Waals surface area contributed by atoms with Gasteiger partial charge in [-0.05, 0) is 18.2 Å². The van der Waals surface area contributed by atoms with E-state index >= 15 is 0 Å². The predicted octanol–water partition coefficient (Wildman–Crippen LogP) is 0.987. The van der Waals surface area contributed by atoms with E-state index in [2.05, 4.69) is 11.2 Å². The largest absolute Gasteiger partial charge is 0.325 e. The van der Waals surface area contributed by atoms with E-state index in [0.717, 1.165) is 5.56 Å². The van der Waals surface area contributed by atoms with E-state index in [1.807, 2.05) is 0 Å². The Morgan fingerprint density at radius 1 is 1.57 bits per heavy atom. The summed E-state index contributed by atoms with van der Waals surface area (Å²) in [6.07, 6.45) is 5.19. The van der Waals surface area contributed by atoms with Crippen LogP contribution in [0, 0.1) is 12.3 Å². The summed E-state index contributed by atoms with van der Waals surface area (Å²) in [5.41, 5.74) is 6.54. The van der Waals surface area contributed by atoms with Crippen molar-refractivity contribution in [3.8, 4) is 12.3 Å². The molecule has 1 aromatic carbocycles. The van der Waals surface area contributed by atoms with Crippen molar-refractivity contribution in [2.45, 2.75) is 0 Å². The average molecular weight is 211 g/mol. The first kappa shape index (κ1) is 12.5. The molecule has 14 heavy (non-hydrogen) atoms. The van der Waals surface area contributed by atoms with Crippen molar-refractivity contribution < 1.29 is 4.79 Å². The van der Waals surface area contributed by atoms with Crippen LogP contribution in [0.4, 0.5) is 5.69 Å². The third-order valence-corrected chi connectivity index (χ3v) is 1.50. The van der Waals surface area contributed by atoms with E-state index in [1.165, 1.54) is 0 Å². The van der Waals surface area contributed by atoms with Crippen LogP contribution in [0.3, 0.4) is 0 Å². The van der Waals surface area contributed by atoms with Crippen LogP contribution < -0.4 is 11.1 Å². The molecule has 0 saturated heterocycles. The van der Waals surface area contributed by atoms with Crippen molar-refractivity contribution in [1.29, 1.82) is 0 Å². The SMILES string of the molecule is C#Cc1cccc(NC(=O)CN)c1.Cl. The Morgan fingerprint density at radius 3 is 2.86 bits per heavy atom. The van der Waals surface area contributed by atoms with Gasteiger partial charge >= 0.3 is 0 Å². The second-order valence-electron chi connectivity index (χ2n) is 2.48. The smallest absolute Gasteiger partial charge is 0.238 e. The lowest BCUT2D eigenvalue weighted by Gasteiger charge is -2.02. The summed E-state index contributed by atoms with van der Waals surface area (Å²) >= 11 is 0. The minimum Gasteiger partial charge on any atom is -0.325 e. The Kier molecular flexibility index (Phi) is 5.38. The lowest BCUT2D eigenvalue weighted by Crippen LogP contribution is -2.21. The number of halogens is 1. The van der Waals surface area contributed by atoms with Gasteiger partial charge in [-0.2, -0.15) is 0 Å². The number of carbonyl (C=O) groups excluding carboxylic acids is 1. The van der Waals surface area contributed by atoms with E-state index in [9.17, 15) is 4.79 Å². The van der Waals surface area contributed by atoms with E-state index in [-0.39, 0.29) is 24.9 Å². The van der Waals surface area contributed by atoms with Gasteiger partial charge in [0.15, 0.2) is 0 Å². The highest BCUT2D eigenvalue weighted by Gasteiger charge is 1.98. The van der Waals surface area contributed by atoms with Gasteiger partial charge in [-0.3, -0.25) is 4.79 Å². The summed E-state index contributed by atoms with van der Waals surface area (Å²) < 4.78 is 0. The Hall–Kier alpha value is -1.50. The Morgan fingerprint density at radius 2 is 2.29 bits per heavy atom. The summed E-state index contributed by atoms with van der Waals surface area (Å²) in [4.78, 5) is 10.9. The van der Waals surface area contributed by atoms with Crippen molar-refractivity contribution in [3.05, 3.63) is 29.8 Å². The first-order chi connectivity index (χ1) is 6.26. The molecule has 0 heterocycles. The molecule has 0 radical (unpaired) electrons. The molecule has 3 N–H and O–H groups in total. The molecule has 1 aromatic rings. The Bertz CT molecular complexity index is 357. The van der Waals surface area contributed by atoms with Gasteiger partial charge in [0, 0.05) is 11.3 Å². The number of carbonyl (C=O) groups is 1. The van der Waals surface area contributed by atoms with Gasteiger partial charge < -0.3 is 11.1 Å². The van der Waals surface area contributed by atoms with Crippen molar-refractivity contribution in [2.24, 2.45) is 5.73 Å². The lowest BCUT2D eigenvalue weighted by atomic mass is 10.2. The fourth-order valence-electron chi connectivity index (χ4n) is 0.899. The summed E-state index contributed by atoms with van der Waals surface area (Å²) in [6, 6.07) is 7.04. The standard InChI is InChI=1S/C10H10N2O.ClH/c1-2-8-4-3-5-9(6-8)12-10(13)7-11;/h1,3-6H,7,11H2,(H,12,13);1H. The third kappa shape index (κ3) is 3.48. The quantitative estimate of drug-likeness (QED) is 0.716. The average Bonchev–Trinajstić information content (AvgIpc) is 2.18. The van der Waals surface area contributed by atoms with Gasteiger partial charge in [-0.1, -0.05) is 12.0 Å². The molecule has 0 bridgehead atoms. The first-order valence-electron chi connectivity index (χ1n) is 3.83. The highest BCUT2D eigenvalue weighted by molar-refractivity contribution is 5.92. The molecular formula is C10H11ClN2O. The number of terminal acetylenes is 1. The molecule has 1 amide bonds. The minimum absolute atomic E-state index is 0. The summed E-state index contributed by atoms with van der Waals surface area (Å²) in [5.74, 6) is 2.25. The monoisotopic (exact) mass is 210 g/mol. The van der Waals surface area contributed by atoms with Crippen LogP contribution in [0.1, 0.15) is 5.56 Å². The van der Waals surface area contributed by atoms with Crippen molar-refractivity contribution >= 4 is 24.0 Å². The van der Waals surface area contributed by atoms with Crippen LogP contribution in [-0.4, -0.2) is 12.5 Å². The fraction of sp³-hybridized carbons (Fsp3) is 0.100. The number of amides is 1. The summed E-state index contributed by atoms with van der Waals surface area (Å²) in [7, 11) is 0. The second kappa shape index (κ2) is 6.03. The van der Waals surface area contributed by atoms with E-state index < -0.39 is 0 Å². The number of hydrogen-bond acceptors (Lipinski definition) is 2. The number of benzene rings is 1. The molecule has 3 nitrogen and oxygen atoms in total. The van der Waals surface area contributed by atoms with E-state index in [4.69, 9.17) is 12.2 Å². The summed E-state index contributed by atoms with van der Waals surface area (Å²) in [6.45, 7) is -0.0275. The van der Waals surface area contributed by atoms with Crippen LogP contribution in [0.5, 0.6) is 0 Å². The second-order valence-corrected chi connectivity index (χ2v) is 2.48. The Labute approximate surface area is 89.1 Å². The zero-order valence-corrected chi connectivity index (χ0v) is 8.30. The zero-order valence-electron chi connectivity index (χ0n) is 7.49. The number of nitrogens with one attached hydrogen (secondary N) is 1.